The molecule has 42 valence electrons. The second kappa shape index (κ2) is 2.28. The van der Waals surface area contributed by atoms with E-state index in [-0.39, 0.29) is 0 Å². The molecule has 1 rings (SSSR count). The molecule has 7 heavy (non-hydrogen) atoms. The first-order valence-corrected chi connectivity index (χ1v) is 2.59. The first kappa shape index (κ1) is 3.87. The van der Waals surface area contributed by atoms with Crippen molar-refractivity contribution in [3.05, 3.63) is 0 Å². The highest BCUT2D eigenvalue weighted by molar-refractivity contribution is 4.69. The second-order valence-corrected chi connectivity index (χ2v) is 1.78. The van der Waals surface area contributed by atoms with Gasteiger partial charge < -0.3 is 10.0 Å². The minimum absolute atomic E-state index is 0.312. The molecule has 1 aliphatic heterocycles. The summed E-state index contributed by atoms with van der Waals surface area (Å²) in [7, 11) is 1.70. The van der Waals surface area contributed by atoms with Gasteiger partial charge in [0.15, 0.2) is 0 Å². The molecular weight excluding hydrogens is 90.1 g/mol. The maximum Gasteiger partial charge on any atom is 0.122 e. The zero-order valence-corrected chi connectivity index (χ0v) is 4.55. The smallest absolute Gasteiger partial charge is 0.122 e. The van der Waals surface area contributed by atoms with Crippen LogP contribution in [0.3, 0.4) is 0 Å². The van der Waals surface area contributed by atoms with Gasteiger partial charge in [0.05, 0.1) is 6.10 Å². The van der Waals surface area contributed by atoms with Gasteiger partial charge >= 0.3 is 0 Å². The zero-order chi connectivity index (χ0) is 5.98. The van der Waals surface area contributed by atoms with Gasteiger partial charge in [-0.1, -0.05) is 0 Å². The predicted molar refractivity (Wildman–Crippen MR) is 28.3 cm³/mol. The standard InChI is InChI=1S/C5H11NO/c1-7-5-2-3-6-4-5/h5-6H,2-4H2,1H3/i/hD. The van der Waals surface area contributed by atoms with Crippen LogP contribution in [0.4, 0.5) is 0 Å². The molecular formula is C5H11NO. The molecule has 0 aromatic carbocycles. The highest BCUT2D eigenvalue weighted by atomic mass is 16.5. The molecule has 1 saturated heterocycles. The Hall–Kier alpha value is -0.0800. The van der Waals surface area contributed by atoms with E-state index >= 15 is 0 Å². The summed E-state index contributed by atoms with van der Waals surface area (Å²) in [5.74, 6) is 0. The Kier molecular flexibility index (Phi) is 1.26. The molecule has 1 N–H and O–H groups in total. The van der Waals surface area contributed by atoms with Crippen LogP contribution in [-0.4, -0.2) is 26.3 Å². The van der Waals surface area contributed by atoms with Gasteiger partial charge in [0.2, 0.25) is 0 Å². The Morgan fingerprint density at radius 2 is 2.86 bits per heavy atom. The molecule has 0 saturated carbocycles. The maximum absolute atomic E-state index is 7.12. The van der Waals surface area contributed by atoms with E-state index in [0.717, 1.165) is 19.5 Å². The SMILES string of the molecule is [2H]N1CCC(OC)C1. The molecule has 2 heteroatoms. The number of hydrogen-bond acceptors (Lipinski definition) is 2. The number of hydrogen-bond donors (Lipinski definition) is 1. The molecule has 1 heterocycles. The van der Waals surface area contributed by atoms with E-state index in [1.165, 1.54) is 5.31 Å². The lowest BCUT2D eigenvalue weighted by molar-refractivity contribution is 0.119. The van der Waals surface area contributed by atoms with Gasteiger partial charge in [-0.05, 0) is 13.0 Å². The summed E-state index contributed by atoms with van der Waals surface area (Å²) in [6.07, 6.45) is 1.33. The summed E-state index contributed by atoms with van der Waals surface area (Å²) < 4.78 is 12.1. The average Bonchev–Trinajstić information content (AvgIpc) is 2.14. The molecule has 0 aromatic rings. The molecule has 0 radical (unpaired) electrons. The molecule has 1 unspecified atom stereocenters. The lowest BCUT2D eigenvalue weighted by Gasteiger charge is -2.01. The summed E-state index contributed by atoms with van der Waals surface area (Å²) in [6, 6.07) is 0. The normalized spacial score (nSPS) is 36.1. The third-order valence-corrected chi connectivity index (χ3v) is 1.28. The van der Waals surface area contributed by atoms with Gasteiger partial charge in [-0.2, -0.15) is 0 Å². The molecule has 0 spiro atoms. The van der Waals surface area contributed by atoms with Gasteiger partial charge in [0.1, 0.15) is 1.41 Å². The molecule has 1 atom stereocenters. The fourth-order valence-electron chi connectivity index (χ4n) is 0.754. The summed E-state index contributed by atoms with van der Waals surface area (Å²) in [5, 5.41) is 1.54. The molecule has 1 fully saturated rings. The van der Waals surface area contributed by atoms with E-state index in [0.29, 0.717) is 6.10 Å². The van der Waals surface area contributed by atoms with Gasteiger partial charge in [-0.25, -0.2) is 0 Å². The molecule has 2 nitrogen and oxygen atoms in total. The van der Waals surface area contributed by atoms with Crippen molar-refractivity contribution in [3.8, 4) is 0 Å². The van der Waals surface area contributed by atoms with Gasteiger partial charge in [0.25, 0.3) is 0 Å². The zero-order valence-electron chi connectivity index (χ0n) is 5.55. The van der Waals surface area contributed by atoms with Crippen LogP contribution in [0.1, 0.15) is 6.42 Å². The van der Waals surface area contributed by atoms with Crippen LogP contribution >= 0.6 is 0 Å². The van der Waals surface area contributed by atoms with Crippen molar-refractivity contribution in [2.24, 2.45) is 0 Å². The number of nitrogens with one attached hydrogen (secondary N) is 1. The molecule has 0 aliphatic carbocycles. The minimum atomic E-state index is 0.312. The monoisotopic (exact) mass is 102 g/mol. The Morgan fingerprint density at radius 3 is 3.14 bits per heavy atom. The highest BCUT2D eigenvalue weighted by Crippen LogP contribution is 1.99. The van der Waals surface area contributed by atoms with E-state index in [1.807, 2.05) is 0 Å². The van der Waals surface area contributed by atoms with Crippen LogP contribution in [0.5, 0.6) is 0 Å². The van der Waals surface area contributed by atoms with Crippen molar-refractivity contribution in [2.45, 2.75) is 12.5 Å². The van der Waals surface area contributed by atoms with E-state index < -0.39 is 0 Å². The van der Waals surface area contributed by atoms with Crippen LogP contribution in [0.2, 0.25) is 1.41 Å². The van der Waals surface area contributed by atoms with Crippen molar-refractivity contribution < 1.29 is 6.15 Å². The van der Waals surface area contributed by atoms with Crippen molar-refractivity contribution >= 4 is 0 Å². The predicted octanol–water partition coefficient (Wildman–Crippen LogP) is -0.00530. The Morgan fingerprint density at radius 1 is 2.00 bits per heavy atom. The third-order valence-electron chi connectivity index (χ3n) is 1.28. The quantitative estimate of drug-likeness (QED) is 0.503. The van der Waals surface area contributed by atoms with Gasteiger partial charge in [0, 0.05) is 13.7 Å². The number of ether oxygens (including phenoxy) is 1. The largest absolute Gasteiger partial charge is 0.380 e. The summed E-state index contributed by atoms with van der Waals surface area (Å²) in [6.45, 7) is 1.63. The Labute approximate surface area is 45.3 Å². The maximum atomic E-state index is 7.12. The van der Waals surface area contributed by atoms with Crippen LogP contribution in [0.15, 0.2) is 0 Å². The van der Waals surface area contributed by atoms with Gasteiger partial charge in [-0.15, -0.1) is 0 Å². The molecule has 0 aromatic heterocycles. The number of rotatable bonds is 1. The molecule has 0 amide bonds. The van der Waals surface area contributed by atoms with Gasteiger partial charge in [-0.3, -0.25) is 0 Å². The van der Waals surface area contributed by atoms with Crippen molar-refractivity contribution in [2.75, 3.05) is 20.2 Å². The first-order chi connectivity index (χ1) is 3.83. The average molecular weight is 102 g/mol. The van der Waals surface area contributed by atoms with E-state index in [4.69, 9.17) is 6.15 Å². The second-order valence-electron chi connectivity index (χ2n) is 1.78. The lowest BCUT2D eigenvalue weighted by Crippen LogP contribution is -2.14. The fraction of sp³-hybridized carbons (Fsp3) is 1.00. The van der Waals surface area contributed by atoms with Crippen molar-refractivity contribution in [1.29, 1.82) is 0 Å². The summed E-state index contributed by atoms with van der Waals surface area (Å²) >= 11 is 0. The van der Waals surface area contributed by atoms with Crippen LogP contribution in [-0.2, 0) is 4.74 Å². The van der Waals surface area contributed by atoms with Crippen molar-refractivity contribution in [1.82, 2.24) is 5.31 Å². The third kappa shape index (κ3) is 1.14. The topological polar surface area (TPSA) is 21.3 Å². The van der Waals surface area contributed by atoms with Crippen LogP contribution < -0.4 is 5.31 Å². The highest BCUT2D eigenvalue weighted by Gasteiger charge is 2.11. The minimum Gasteiger partial charge on any atom is -0.380 e. The lowest BCUT2D eigenvalue weighted by atomic mass is 10.3. The van der Waals surface area contributed by atoms with Crippen molar-refractivity contribution in [3.63, 3.8) is 0 Å². The fourth-order valence-corrected chi connectivity index (χ4v) is 0.754. The van der Waals surface area contributed by atoms with Crippen LogP contribution in [0, 0.1) is 0 Å². The number of methoxy groups -OCH3 is 1. The first-order valence-electron chi connectivity index (χ1n) is 3.04. The van der Waals surface area contributed by atoms with E-state index in [1.54, 1.807) is 7.11 Å². The van der Waals surface area contributed by atoms with E-state index in [2.05, 4.69) is 0 Å². The van der Waals surface area contributed by atoms with E-state index in [9.17, 15) is 0 Å². The molecule has 1 aliphatic rings. The summed E-state index contributed by atoms with van der Waals surface area (Å²) in [4.78, 5) is 0. The Bertz CT molecular complexity index is 78.8. The Balaban J connectivity index is 2.22. The summed E-state index contributed by atoms with van der Waals surface area (Å²) in [5.41, 5.74) is 0. The van der Waals surface area contributed by atoms with Crippen LogP contribution in [0.25, 0.3) is 0 Å². The molecule has 0 bridgehead atoms.